The van der Waals surface area contributed by atoms with E-state index in [1.807, 2.05) is 43.3 Å². The van der Waals surface area contributed by atoms with E-state index in [1.54, 1.807) is 4.90 Å². The van der Waals surface area contributed by atoms with Gasteiger partial charge in [-0.3, -0.25) is 4.90 Å². The number of carbonyl (C=O) groups is 1. The first-order valence-corrected chi connectivity index (χ1v) is 8.72. The van der Waals surface area contributed by atoms with E-state index in [0.717, 1.165) is 42.9 Å². The monoisotopic (exact) mass is 374 g/mol. The van der Waals surface area contributed by atoms with Crippen LogP contribution in [0.5, 0.6) is 0 Å². The van der Waals surface area contributed by atoms with Crippen molar-refractivity contribution < 1.29 is 9.53 Å². The van der Waals surface area contributed by atoms with E-state index in [9.17, 15) is 4.79 Å². The summed E-state index contributed by atoms with van der Waals surface area (Å²) in [5.74, 6) is 0.654. The maximum atomic E-state index is 12.3. The lowest BCUT2D eigenvalue weighted by atomic mass is 9.92. The zero-order chi connectivity index (χ0) is 17.3. The number of aromatic nitrogens is 2. The Morgan fingerprint density at radius 1 is 1.19 bits per heavy atom. The van der Waals surface area contributed by atoms with Crippen molar-refractivity contribution in [2.24, 2.45) is 0 Å². The van der Waals surface area contributed by atoms with Gasteiger partial charge >= 0.3 is 6.09 Å². The van der Waals surface area contributed by atoms with Crippen molar-refractivity contribution >= 4 is 18.5 Å². The highest BCUT2D eigenvalue weighted by atomic mass is 35.5. The summed E-state index contributed by atoms with van der Waals surface area (Å²) in [6.07, 6.45) is 1.46. The van der Waals surface area contributed by atoms with Crippen LogP contribution < -0.4 is 5.32 Å². The van der Waals surface area contributed by atoms with Gasteiger partial charge in [0.1, 0.15) is 11.4 Å². The molecule has 1 aromatic heterocycles. The molecule has 1 spiro atoms. The summed E-state index contributed by atoms with van der Waals surface area (Å²) in [6, 6.07) is 12.0. The summed E-state index contributed by atoms with van der Waals surface area (Å²) in [5, 5.41) is 3.31. The molecule has 2 aromatic rings. The number of nitrogens with zero attached hydrogens (tertiary/aromatic N) is 3. The van der Waals surface area contributed by atoms with Gasteiger partial charge in [0.2, 0.25) is 0 Å². The molecule has 1 N–H and O–H groups in total. The Kier molecular flexibility index (Phi) is 5.44. The molecule has 7 heteroatoms. The summed E-state index contributed by atoms with van der Waals surface area (Å²) in [5.41, 5.74) is 2.49. The molecule has 2 saturated heterocycles. The Hall–Kier alpha value is -2.18. The predicted octanol–water partition coefficient (Wildman–Crippen LogP) is 2.95. The third kappa shape index (κ3) is 3.81. The van der Waals surface area contributed by atoms with Crippen molar-refractivity contribution in [3.05, 3.63) is 47.9 Å². The summed E-state index contributed by atoms with van der Waals surface area (Å²) in [4.78, 5) is 23.2. The number of hydrogen-bond donors (Lipinski definition) is 1. The maximum Gasteiger partial charge on any atom is 0.410 e. The molecule has 6 nitrogen and oxygen atoms in total. The molecule has 0 aliphatic carbocycles. The number of carbonyl (C=O) groups excluding carboxylic acids is 1. The van der Waals surface area contributed by atoms with E-state index in [0.29, 0.717) is 18.9 Å². The number of halogens is 1. The van der Waals surface area contributed by atoms with Crippen molar-refractivity contribution in [1.82, 2.24) is 20.2 Å². The highest BCUT2D eigenvalue weighted by molar-refractivity contribution is 5.85. The second kappa shape index (κ2) is 7.60. The summed E-state index contributed by atoms with van der Waals surface area (Å²) < 4.78 is 5.71. The van der Waals surface area contributed by atoms with Crippen LogP contribution in [0, 0.1) is 6.92 Å². The highest BCUT2D eigenvalue weighted by Crippen LogP contribution is 2.31. The zero-order valence-corrected chi connectivity index (χ0v) is 15.6. The molecule has 1 aromatic carbocycles. The van der Waals surface area contributed by atoms with Gasteiger partial charge in [0.05, 0.1) is 18.8 Å². The van der Waals surface area contributed by atoms with Crippen LogP contribution >= 0.6 is 12.4 Å². The molecule has 0 unspecified atom stereocenters. The Morgan fingerprint density at radius 3 is 2.65 bits per heavy atom. The van der Waals surface area contributed by atoms with Crippen molar-refractivity contribution in [2.45, 2.75) is 31.9 Å². The summed E-state index contributed by atoms with van der Waals surface area (Å²) in [6.45, 7) is 4.73. The second-order valence-corrected chi connectivity index (χ2v) is 6.83. The molecule has 3 heterocycles. The van der Waals surface area contributed by atoms with Crippen LogP contribution in [0.25, 0.3) is 11.3 Å². The van der Waals surface area contributed by atoms with E-state index in [-0.39, 0.29) is 24.1 Å². The molecular formula is C19H23ClN4O2. The molecule has 26 heavy (non-hydrogen) atoms. The predicted molar refractivity (Wildman–Crippen MR) is 101 cm³/mol. The molecule has 2 fully saturated rings. The van der Waals surface area contributed by atoms with Gasteiger partial charge in [-0.2, -0.15) is 0 Å². The topological polar surface area (TPSA) is 67.3 Å². The third-order valence-electron chi connectivity index (χ3n) is 4.86. The SMILES string of the molecule is Cc1cc(-c2ccccc2)nc(CN2CC3(CCNCC3)OC2=O)n1.Cl. The van der Waals surface area contributed by atoms with E-state index in [2.05, 4.69) is 15.3 Å². The van der Waals surface area contributed by atoms with Gasteiger partial charge in [0.15, 0.2) is 0 Å². The van der Waals surface area contributed by atoms with Crippen LogP contribution in [0.1, 0.15) is 24.4 Å². The fraction of sp³-hybridized carbons (Fsp3) is 0.421. The van der Waals surface area contributed by atoms with Gasteiger partial charge < -0.3 is 10.1 Å². The molecule has 0 bridgehead atoms. The number of rotatable bonds is 3. The minimum absolute atomic E-state index is 0. The number of piperidine rings is 1. The normalized spacial score (nSPS) is 18.5. The van der Waals surface area contributed by atoms with Gasteiger partial charge in [-0.15, -0.1) is 12.4 Å². The van der Waals surface area contributed by atoms with Gasteiger partial charge in [0, 0.05) is 24.1 Å². The van der Waals surface area contributed by atoms with Crippen molar-refractivity contribution in [1.29, 1.82) is 0 Å². The lowest BCUT2D eigenvalue weighted by molar-refractivity contribution is 0.0316. The van der Waals surface area contributed by atoms with Crippen LogP contribution in [-0.2, 0) is 11.3 Å². The zero-order valence-electron chi connectivity index (χ0n) is 14.8. The van der Waals surface area contributed by atoms with Gasteiger partial charge in [-0.25, -0.2) is 14.8 Å². The maximum absolute atomic E-state index is 12.3. The lowest BCUT2D eigenvalue weighted by Crippen LogP contribution is -2.44. The summed E-state index contributed by atoms with van der Waals surface area (Å²) in [7, 11) is 0. The van der Waals surface area contributed by atoms with Crippen LogP contribution in [-0.4, -0.2) is 46.2 Å². The van der Waals surface area contributed by atoms with E-state index >= 15 is 0 Å². The molecule has 0 radical (unpaired) electrons. The molecule has 0 saturated carbocycles. The number of benzene rings is 1. The standard InChI is InChI=1S/C19H22N4O2.ClH/c1-14-11-16(15-5-3-2-4-6-15)22-17(21-14)12-23-13-19(25-18(23)24)7-9-20-10-8-19;/h2-6,11,20H,7-10,12-13H2,1H3;1H. The van der Waals surface area contributed by atoms with Crippen LogP contribution in [0.3, 0.4) is 0 Å². The van der Waals surface area contributed by atoms with Crippen LogP contribution in [0.2, 0.25) is 0 Å². The molecule has 2 aliphatic rings. The molecule has 138 valence electrons. The lowest BCUT2D eigenvalue weighted by Gasteiger charge is -2.31. The number of hydrogen-bond acceptors (Lipinski definition) is 5. The Labute approximate surface area is 159 Å². The minimum atomic E-state index is -0.339. The Balaban J connectivity index is 0.00000196. The minimum Gasteiger partial charge on any atom is -0.441 e. The second-order valence-electron chi connectivity index (χ2n) is 6.83. The molecule has 4 rings (SSSR count). The molecule has 0 atom stereocenters. The van der Waals surface area contributed by atoms with E-state index < -0.39 is 0 Å². The molecule has 2 aliphatic heterocycles. The first-order valence-electron chi connectivity index (χ1n) is 8.72. The third-order valence-corrected chi connectivity index (χ3v) is 4.86. The largest absolute Gasteiger partial charge is 0.441 e. The molecular weight excluding hydrogens is 352 g/mol. The van der Waals surface area contributed by atoms with Crippen molar-refractivity contribution in [2.75, 3.05) is 19.6 Å². The fourth-order valence-electron chi connectivity index (χ4n) is 3.59. The van der Waals surface area contributed by atoms with Crippen LogP contribution in [0.4, 0.5) is 4.79 Å². The van der Waals surface area contributed by atoms with Gasteiger partial charge in [-0.05, 0) is 26.1 Å². The van der Waals surface area contributed by atoms with E-state index in [1.165, 1.54) is 0 Å². The number of amides is 1. The highest BCUT2D eigenvalue weighted by Gasteiger charge is 2.45. The first kappa shape index (κ1) is 18.6. The van der Waals surface area contributed by atoms with Crippen LogP contribution in [0.15, 0.2) is 36.4 Å². The fourth-order valence-corrected chi connectivity index (χ4v) is 3.59. The van der Waals surface area contributed by atoms with E-state index in [4.69, 9.17) is 4.74 Å². The average molecular weight is 375 g/mol. The first-order chi connectivity index (χ1) is 12.1. The molecule has 1 amide bonds. The van der Waals surface area contributed by atoms with Gasteiger partial charge in [-0.1, -0.05) is 30.3 Å². The van der Waals surface area contributed by atoms with Gasteiger partial charge in [0.25, 0.3) is 0 Å². The Morgan fingerprint density at radius 2 is 1.92 bits per heavy atom. The van der Waals surface area contributed by atoms with Crippen molar-refractivity contribution in [3.63, 3.8) is 0 Å². The van der Waals surface area contributed by atoms with Crippen molar-refractivity contribution in [3.8, 4) is 11.3 Å². The number of ether oxygens (including phenoxy) is 1. The Bertz CT molecular complexity index is 778. The smallest absolute Gasteiger partial charge is 0.410 e. The number of aryl methyl sites for hydroxylation is 1. The quantitative estimate of drug-likeness (QED) is 0.894. The average Bonchev–Trinajstić information content (AvgIpc) is 2.90. The summed E-state index contributed by atoms with van der Waals surface area (Å²) >= 11 is 0. The number of nitrogens with one attached hydrogen (secondary N) is 1.